The lowest BCUT2D eigenvalue weighted by Gasteiger charge is -2.09. The number of nitrogens with one attached hydrogen (secondary N) is 4. The fraction of sp³-hybridized carbons (Fsp3) is 0.211. The Labute approximate surface area is 152 Å². The van der Waals surface area contributed by atoms with Gasteiger partial charge in [-0.1, -0.05) is 0 Å². The first-order valence-corrected chi connectivity index (χ1v) is 8.27. The van der Waals surface area contributed by atoms with E-state index >= 15 is 0 Å². The third kappa shape index (κ3) is 5.34. The Balaban J connectivity index is 1.85. The molecule has 26 heavy (non-hydrogen) atoms. The number of rotatable bonds is 7. The predicted octanol–water partition coefficient (Wildman–Crippen LogP) is 1.85. The molecule has 2 rings (SSSR count). The van der Waals surface area contributed by atoms with Gasteiger partial charge in [0.15, 0.2) is 0 Å². The maximum absolute atomic E-state index is 12.0. The van der Waals surface area contributed by atoms with Crippen LogP contribution >= 0.6 is 0 Å². The van der Waals surface area contributed by atoms with E-state index < -0.39 is 0 Å². The Hall–Kier alpha value is -3.35. The maximum Gasteiger partial charge on any atom is 0.251 e. The highest BCUT2D eigenvalue weighted by molar-refractivity contribution is 5.97. The van der Waals surface area contributed by atoms with Gasteiger partial charge in [-0.15, -0.1) is 0 Å². The zero-order valence-electron chi connectivity index (χ0n) is 14.8. The Bertz CT molecular complexity index is 770. The van der Waals surface area contributed by atoms with Gasteiger partial charge in [0.2, 0.25) is 5.91 Å². The van der Waals surface area contributed by atoms with Crippen molar-refractivity contribution in [3.05, 3.63) is 59.7 Å². The molecule has 0 unspecified atom stereocenters. The maximum atomic E-state index is 12.0. The SMILES string of the molecule is CCNC(=O)c1ccc(NC(=O)CNc2ccc(C(=O)NC)cc2)cc1. The van der Waals surface area contributed by atoms with Crippen molar-refractivity contribution in [3.8, 4) is 0 Å². The summed E-state index contributed by atoms with van der Waals surface area (Å²) in [6, 6.07) is 13.5. The minimum Gasteiger partial charge on any atom is -0.376 e. The molecule has 7 nitrogen and oxygen atoms in total. The Morgan fingerprint density at radius 1 is 0.808 bits per heavy atom. The van der Waals surface area contributed by atoms with Crippen LogP contribution in [0.3, 0.4) is 0 Å². The molecule has 4 N–H and O–H groups in total. The van der Waals surface area contributed by atoms with Gasteiger partial charge in [0.05, 0.1) is 6.54 Å². The summed E-state index contributed by atoms with van der Waals surface area (Å²) in [6.07, 6.45) is 0. The van der Waals surface area contributed by atoms with Crippen LogP contribution in [0.5, 0.6) is 0 Å². The summed E-state index contributed by atoms with van der Waals surface area (Å²) in [5.74, 6) is -0.524. The lowest BCUT2D eigenvalue weighted by Crippen LogP contribution is -2.23. The van der Waals surface area contributed by atoms with Crippen molar-refractivity contribution in [3.63, 3.8) is 0 Å². The second kappa shape index (κ2) is 9.22. The summed E-state index contributed by atoms with van der Waals surface area (Å²) in [7, 11) is 1.57. The molecule has 3 amide bonds. The van der Waals surface area contributed by atoms with E-state index in [0.29, 0.717) is 23.4 Å². The van der Waals surface area contributed by atoms with E-state index in [-0.39, 0.29) is 24.3 Å². The topological polar surface area (TPSA) is 99.3 Å². The van der Waals surface area contributed by atoms with Crippen LogP contribution in [-0.4, -0.2) is 37.9 Å². The number of benzene rings is 2. The van der Waals surface area contributed by atoms with Crippen LogP contribution in [-0.2, 0) is 4.79 Å². The summed E-state index contributed by atoms with van der Waals surface area (Å²) in [4.78, 5) is 35.2. The van der Waals surface area contributed by atoms with Crippen LogP contribution in [0, 0.1) is 0 Å². The average Bonchev–Trinajstić information content (AvgIpc) is 2.67. The molecular formula is C19H22N4O3. The van der Waals surface area contributed by atoms with Gasteiger partial charge in [-0.3, -0.25) is 14.4 Å². The Morgan fingerprint density at radius 3 is 1.88 bits per heavy atom. The van der Waals surface area contributed by atoms with E-state index in [2.05, 4.69) is 21.3 Å². The number of anilines is 2. The van der Waals surface area contributed by atoms with Crippen LogP contribution in [0.4, 0.5) is 11.4 Å². The summed E-state index contributed by atoms with van der Waals surface area (Å²) >= 11 is 0. The summed E-state index contributed by atoms with van der Waals surface area (Å²) in [5, 5.41) is 11.0. The normalized spacial score (nSPS) is 9.92. The van der Waals surface area contributed by atoms with E-state index in [1.165, 1.54) is 0 Å². The minimum absolute atomic E-state index is 0.0807. The number of hydrogen-bond donors (Lipinski definition) is 4. The van der Waals surface area contributed by atoms with Gasteiger partial charge >= 0.3 is 0 Å². The molecule has 2 aromatic carbocycles. The molecule has 0 fully saturated rings. The molecule has 0 aliphatic rings. The van der Waals surface area contributed by atoms with Crippen LogP contribution in [0.25, 0.3) is 0 Å². The Kier molecular flexibility index (Phi) is 6.73. The summed E-state index contributed by atoms with van der Waals surface area (Å²) in [6.45, 7) is 2.50. The largest absolute Gasteiger partial charge is 0.376 e. The first-order chi connectivity index (χ1) is 12.5. The number of carbonyl (C=O) groups excluding carboxylic acids is 3. The van der Waals surface area contributed by atoms with Gasteiger partial charge in [0, 0.05) is 36.1 Å². The second-order valence-electron chi connectivity index (χ2n) is 5.50. The zero-order valence-corrected chi connectivity index (χ0v) is 14.8. The highest BCUT2D eigenvalue weighted by Crippen LogP contribution is 2.11. The van der Waals surface area contributed by atoms with Crippen molar-refractivity contribution in [1.82, 2.24) is 10.6 Å². The molecule has 0 saturated carbocycles. The van der Waals surface area contributed by atoms with Gasteiger partial charge in [0.1, 0.15) is 0 Å². The van der Waals surface area contributed by atoms with Crippen molar-refractivity contribution < 1.29 is 14.4 Å². The predicted molar refractivity (Wildman–Crippen MR) is 101 cm³/mol. The first kappa shape index (κ1) is 19.0. The van der Waals surface area contributed by atoms with Crippen LogP contribution < -0.4 is 21.3 Å². The smallest absolute Gasteiger partial charge is 0.251 e. The Morgan fingerprint density at radius 2 is 1.35 bits per heavy atom. The number of hydrogen-bond acceptors (Lipinski definition) is 4. The molecule has 0 aliphatic heterocycles. The third-order valence-electron chi connectivity index (χ3n) is 3.60. The molecule has 0 radical (unpaired) electrons. The fourth-order valence-corrected chi connectivity index (χ4v) is 2.24. The van der Waals surface area contributed by atoms with Crippen LogP contribution in [0.2, 0.25) is 0 Å². The molecule has 0 atom stereocenters. The summed E-state index contributed by atoms with van der Waals surface area (Å²) in [5.41, 5.74) is 2.44. The average molecular weight is 354 g/mol. The van der Waals surface area contributed by atoms with E-state index in [1.807, 2.05) is 6.92 Å². The number of amides is 3. The third-order valence-corrected chi connectivity index (χ3v) is 3.60. The molecule has 2 aromatic rings. The van der Waals surface area contributed by atoms with Crippen LogP contribution in [0.15, 0.2) is 48.5 Å². The molecule has 0 aromatic heterocycles. The van der Waals surface area contributed by atoms with Crippen LogP contribution in [0.1, 0.15) is 27.6 Å². The first-order valence-electron chi connectivity index (χ1n) is 8.27. The van der Waals surface area contributed by atoms with Crippen molar-refractivity contribution >= 4 is 29.1 Å². The molecule has 136 valence electrons. The molecule has 0 aliphatic carbocycles. The zero-order chi connectivity index (χ0) is 18.9. The fourth-order valence-electron chi connectivity index (χ4n) is 2.24. The minimum atomic E-state index is -0.217. The summed E-state index contributed by atoms with van der Waals surface area (Å²) < 4.78 is 0. The van der Waals surface area contributed by atoms with Crippen molar-refractivity contribution in [2.75, 3.05) is 30.8 Å². The van der Waals surface area contributed by atoms with Gasteiger partial charge in [-0.25, -0.2) is 0 Å². The van der Waals surface area contributed by atoms with Gasteiger partial charge < -0.3 is 21.3 Å². The highest BCUT2D eigenvalue weighted by atomic mass is 16.2. The van der Waals surface area contributed by atoms with Crippen molar-refractivity contribution in [2.24, 2.45) is 0 Å². The lowest BCUT2D eigenvalue weighted by molar-refractivity contribution is -0.114. The molecule has 7 heteroatoms. The molecule has 0 spiro atoms. The monoisotopic (exact) mass is 354 g/mol. The van der Waals surface area contributed by atoms with Crippen molar-refractivity contribution in [2.45, 2.75) is 6.92 Å². The van der Waals surface area contributed by atoms with Gasteiger partial charge in [0.25, 0.3) is 11.8 Å². The van der Waals surface area contributed by atoms with E-state index in [9.17, 15) is 14.4 Å². The van der Waals surface area contributed by atoms with E-state index in [4.69, 9.17) is 0 Å². The quantitative estimate of drug-likeness (QED) is 0.610. The molecule has 0 saturated heterocycles. The molecule has 0 bridgehead atoms. The molecular weight excluding hydrogens is 332 g/mol. The van der Waals surface area contributed by atoms with Gasteiger partial charge in [-0.2, -0.15) is 0 Å². The standard InChI is InChI=1S/C19H22N4O3/c1-3-21-19(26)14-6-10-16(11-7-14)23-17(24)12-22-15-8-4-13(5-9-15)18(25)20-2/h4-11,22H,3,12H2,1-2H3,(H,20,25)(H,21,26)(H,23,24). The van der Waals surface area contributed by atoms with E-state index in [1.54, 1.807) is 55.6 Å². The van der Waals surface area contributed by atoms with Gasteiger partial charge in [-0.05, 0) is 55.5 Å². The highest BCUT2D eigenvalue weighted by Gasteiger charge is 2.06. The molecule has 0 heterocycles. The lowest BCUT2D eigenvalue weighted by atomic mass is 10.2. The number of carbonyl (C=O) groups is 3. The second-order valence-corrected chi connectivity index (χ2v) is 5.50. The van der Waals surface area contributed by atoms with E-state index in [0.717, 1.165) is 5.69 Å². The van der Waals surface area contributed by atoms with Crippen molar-refractivity contribution in [1.29, 1.82) is 0 Å².